The molecule has 0 fully saturated rings. The van der Waals surface area contributed by atoms with E-state index in [-0.39, 0.29) is 11.5 Å². The van der Waals surface area contributed by atoms with Gasteiger partial charge >= 0.3 is 0 Å². The van der Waals surface area contributed by atoms with Gasteiger partial charge in [-0.25, -0.2) is 0 Å². The quantitative estimate of drug-likeness (QED) is 0.386. The highest BCUT2D eigenvalue weighted by atomic mass is 32.1. The Bertz CT molecular complexity index is 480. The van der Waals surface area contributed by atoms with Gasteiger partial charge in [-0.15, -0.1) is 0 Å². The summed E-state index contributed by atoms with van der Waals surface area (Å²) >= 11 is 3.98. The maximum Gasteiger partial charge on any atom is 0.255 e. The van der Waals surface area contributed by atoms with Crippen molar-refractivity contribution in [2.75, 3.05) is 11.1 Å². The van der Waals surface area contributed by atoms with E-state index in [1.54, 1.807) is 31.2 Å². The molecule has 1 aromatic carbocycles. The number of rotatable bonds is 6. The van der Waals surface area contributed by atoms with Crippen molar-refractivity contribution in [1.29, 1.82) is 0 Å². The van der Waals surface area contributed by atoms with E-state index < -0.39 is 18.2 Å². The van der Waals surface area contributed by atoms with Gasteiger partial charge in [-0.05, 0) is 24.8 Å². The van der Waals surface area contributed by atoms with E-state index in [1.165, 1.54) is 0 Å². The lowest BCUT2D eigenvalue weighted by molar-refractivity contribution is -0.117. The van der Waals surface area contributed by atoms with Crippen LogP contribution in [0.4, 0.5) is 5.69 Å². The summed E-state index contributed by atoms with van der Waals surface area (Å²) in [7, 11) is 0. The molecule has 6 nitrogen and oxygen atoms in total. The molecule has 0 bridgehead atoms. The van der Waals surface area contributed by atoms with Gasteiger partial charge < -0.3 is 21.5 Å². The fourth-order valence-corrected chi connectivity index (χ4v) is 1.70. The van der Waals surface area contributed by atoms with Gasteiger partial charge in [-0.2, -0.15) is 12.6 Å². The minimum Gasteiger partial charge on any atom is -0.374 e. The molecule has 0 spiro atoms. The van der Waals surface area contributed by atoms with Crippen molar-refractivity contribution in [3.8, 4) is 0 Å². The molecule has 2 atom stereocenters. The molecule has 1 aromatic rings. The molecule has 20 heavy (non-hydrogen) atoms. The van der Waals surface area contributed by atoms with Gasteiger partial charge in [-0.1, -0.05) is 12.1 Å². The minimum atomic E-state index is -0.975. The highest BCUT2D eigenvalue weighted by Gasteiger charge is 2.16. The largest absolute Gasteiger partial charge is 0.374 e. The SMILES string of the molecule is C[C@@H](N)C(=O)Nc1ccccc1C(=O)N[C@@H](O)CCS. The molecule has 2 amide bonds. The van der Waals surface area contributed by atoms with Crippen molar-refractivity contribution in [2.24, 2.45) is 5.73 Å². The summed E-state index contributed by atoms with van der Waals surface area (Å²) in [6.07, 6.45) is -0.638. The molecular weight excluding hydrogens is 278 g/mol. The number of para-hydroxylation sites is 1. The summed E-state index contributed by atoms with van der Waals surface area (Å²) in [6.45, 7) is 1.55. The molecule has 5 N–H and O–H groups in total. The molecule has 0 unspecified atom stereocenters. The molecule has 110 valence electrons. The molecule has 1 rings (SSSR count). The Morgan fingerprint density at radius 3 is 2.65 bits per heavy atom. The topological polar surface area (TPSA) is 104 Å². The number of anilines is 1. The lowest BCUT2D eigenvalue weighted by Crippen LogP contribution is -2.36. The van der Waals surface area contributed by atoms with Crippen LogP contribution in [0.3, 0.4) is 0 Å². The lowest BCUT2D eigenvalue weighted by atomic mass is 10.1. The number of thiol groups is 1. The van der Waals surface area contributed by atoms with E-state index in [2.05, 4.69) is 23.3 Å². The number of hydrogen-bond donors (Lipinski definition) is 5. The fourth-order valence-electron chi connectivity index (χ4n) is 1.46. The molecule has 7 heteroatoms. The van der Waals surface area contributed by atoms with Crippen molar-refractivity contribution in [3.63, 3.8) is 0 Å². The zero-order valence-corrected chi connectivity index (χ0v) is 12.1. The van der Waals surface area contributed by atoms with E-state index in [0.29, 0.717) is 17.9 Å². The van der Waals surface area contributed by atoms with Crippen LogP contribution in [0.1, 0.15) is 23.7 Å². The molecule has 0 radical (unpaired) electrons. The fraction of sp³-hybridized carbons (Fsp3) is 0.385. The molecule has 0 aliphatic rings. The lowest BCUT2D eigenvalue weighted by Gasteiger charge is -2.15. The molecule has 0 aromatic heterocycles. The van der Waals surface area contributed by atoms with Crippen LogP contribution in [-0.2, 0) is 4.79 Å². The van der Waals surface area contributed by atoms with Crippen molar-refractivity contribution >= 4 is 30.1 Å². The van der Waals surface area contributed by atoms with Gasteiger partial charge in [0.1, 0.15) is 6.23 Å². The van der Waals surface area contributed by atoms with Gasteiger partial charge in [0.05, 0.1) is 17.3 Å². The van der Waals surface area contributed by atoms with Gasteiger partial charge in [0.15, 0.2) is 0 Å². The number of carbonyl (C=O) groups excluding carboxylic acids is 2. The number of nitrogens with two attached hydrogens (primary N) is 1. The van der Waals surface area contributed by atoms with Crippen LogP contribution in [0.2, 0.25) is 0 Å². The van der Waals surface area contributed by atoms with Crippen LogP contribution in [0.15, 0.2) is 24.3 Å². The second-order valence-corrected chi connectivity index (χ2v) is 4.77. The Balaban J connectivity index is 2.84. The monoisotopic (exact) mass is 297 g/mol. The van der Waals surface area contributed by atoms with E-state index in [1.807, 2.05) is 0 Å². The summed E-state index contributed by atoms with van der Waals surface area (Å²) in [5.41, 5.74) is 6.08. The molecule has 0 heterocycles. The molecule has 0 aliphatic heterocycles. The predicted octanol–water partition coefficient (Wildman–Crippen LogP) is 0.340. The van der Waals surface area contributed by atoms with Crippen molar-refractivity contribution < 1.29 is 14.7 Å². The summed E-state index contributed by atoms with van der Waals surface area (Å²) in [5, 5.41) is 14.6. The van der Waals surface area contributed by atoms with Gasteiger partial charge in [0.2, 0.25) is 5.91 Å². The van der Waals surface area contributed by atoms with Crippen molar-refractivity contribution in [3.05, 3.63) is 29.8 Å². The number of benzene rings is 1. The third-order valence-electron chi connectivity index (χ3n) is 2.54. The Labute approximate surface area is 123 Å². The zero-order chi connectivity index (χ0) is 15.1. The average Bonchev–Trinajstić information content (AvgIpc) is 2.39. The first-order valence-electron chi connectivity index (χ1n) is 6.21. The van der Waals surface area contributed by atoms with Gasteiger partial charge in [0.25, 0.3) is 5.91 Å². The standard InChI is InChI=1S/C13H19N3O3S/c1-8(14)12(18)15-10-5-3-2-4-9(10)13(19)16-11(17)6-7-20/h2-5,8,11,17,20H,6-7,14H2,1H3,(H,15,18)(H,16,19)/t8-,11+/m1/s1. The number of hydrogen-bond acceptors (Lipinski definition) is 5. The van der Waals surface area contributed by atoms with E-state index >= 15 is 0 Å². The maximum absolute atomic E-state index is 12.0. The Morgan fingerprint density at radius 2 is 2.05 bits per heavy atom. The van der Waals surface area contributed by atoms with Crippen molar-refractivity contribution in [2.45, 2.75) is 25.6 Å². The third kappa shape index (κ3) is 4.84. The first-order chi connectivity index (χ1) is 9.45. The summed E-state index contributed by atoms with van der Waals surface area (Å²) in [4.78, 5) is 23.6. The number of aliphatic hydroxyl groups excluding tert-OH is 1. The summed E-state index contributed by atoms with van der Waals surface area (Å²) < 4.78 is 0. The molecule has 0 saturated carbocycles. The van der Waals surface area contributed by atoms with E-state index in [4.69, 9.17) is 5.73 Å². The normalized spacial score (nSPS) is 13.4. The number of carbonyl (C=O) groups is 2. The van der Waals surface area contributed by atoms with Crippen LogP contribution in [0.5, 0.6) is 0 Å². The first-order valence-corrected chi connectivity index (χ1v) is 6.84. The smallest absolute Gasteiger partial charge is 0.255 e. The Kier molecular flexibility index (Phi) is 6.50. The average molecular weight is 297 g/mol. The summed E-state index contributed by atoms with van der Waals surface area (Å²) in [5.74, 6) is -0.411. The highest BCUT2D eigenvalue weighted by molar-refractivity contribution is 7.80. The minimum absolute atomic E-state index is 0.264. The number of amides is 2. The van der Waals surface area contributed by atoms with E-state index in [9.17, 15) is 14.7 Å². The third-order valence-corrected chi connectivity index (χ3v) is 2.80. The number of nitrogens with one attached hydrogen (secondary N) is 2. The molecule has 0 aliphatic carbocycles. The first kappa shape index (κ1) is 16.5. The molecular formula is C13H19N3O3S. The second-order valence-electron chi connectivity index (χ2n) is 4.33. The van der Waals surface area contributed by atoms with Crippen LogP contribution in [0, 0.1) is 0 Å². The van der Waals surface area contributed by atoms with Gasteiger partial charge in [0, 0.05) is 6.42 Å². The summed E-state index contributed by atoms with van der Waals surface area (Å²) in [6, 6.07) is 5.83. The Hall–Kier alpha value is -1.57. The number of aliphatic hydroxyl groups is 1. The van der Waals surface area contributed by atoms with Gasteiger partial charge in [-0.3, -0.25) is 9.59 Å². The molecule has 0 saturated heterocycles. The van der Waals surface area contributed by atoms with Crippen LogP contribution < -0.4 is 16.4 Å². The highest BCUT2D eigenvalue weighted by Crippen LogP contribution is 2.15. The second kappa shape index (κ2) is 7.88. The zero-order valence-electron chi connectivity index (χ0n) is 11.2. The van der Waals surface area contributed by atoms with E-state index in [0.717, 1.165) is 0 Å². The predicted molar refractivity (Wildman–Crippen MR) is 80.7 cm³/mol. The maximum atomic E-state index is 12.0. The van der Waals surface area contributed by atoms with Crippen molar-refractivity contribution in [1.82, 2.24) is 5.32 Å². The van der Waals surface area contributed by atoms with Crippen LogP contribution >= 0.6 is 12.6 Å². The van der Waals surface area contributed by atoms with Crippen LogP contribution in [-0.4, -0.2) is 34.9 Å². The van der Waals surface area contributed by atoms with Crippen LogP contribution in [0.25, 0.3) is 0 Å². The Morgan fingerprint density at radius 1 is 1.40 bits per heavy atom.